The summed E-state index contributed by atoms with van der Waals surface area (Å²) in [4.78, 5) is 32.1. The van der Waals surface area contributed by atoms with Crippen LogP contribution in [0.1, 0.15) is 13.8 Å². The summed E-state index contributed by atoms with van der Waals surface area (Å²) < 4.78 is 9.47. The van der Waals surface area contributed by atoms with E-state index in [2.05, 4.69) is 6.58 Å². The van der Waals surface area contributed by atoms with Gasteiger partial charge in [0.15, 0.2) is 0 Å². The molecule has 0 aliphatic carbocycles. The summed E-state index contributed by atoms with van der Waals surface area (Å²) >= 11 is 0. The van der Waals surface area contributed by atoms with Crippen LogP contribution in [0, 0.1) is 0 Å². The molecule has 1 atom stereocenters. The van der Waals surface area contributed by atoms with Crippen LogP contribution in [-0.2, 0) is 23.9 Å². The minimum Gasteiger partial charge on any atom is -0.478 e. The molecule has 0 amide bonds. The van der Waals surface area contributed by atoms with Crippen LogP contribution >= 0.6 is 0 Å². The van der Waals surface area contributed by atoms with Crippen molar-refractivity contribution in [3.63, 3.8) is 0 Å². The van der Waals surface area contributed by atoms with E-state index >= 15 is 0 Å². The van der Waals surface area contributed by atoms with E-state index in [1.54, 1.807) is 0 Å². The number of hydrogen-bond acceptors (Lipinski definition) is 5. The number of ether oxygens (including phenoxy) is 2. The van der Waals surface area contributed by atoms with E-state index in [0.29, 0.717) is 6.08 Å². The smallest absolute Gasteiger partial charge is 0.333 e. The summed E-state index contributed by atoms with van der Waals surface area (Å²) in [6.45, 7) is 6.28. The summed E-state index contributed by atoms with van der Waals surface area (Å²) in [7, 11) is 0. The van der Waals surface area contributed by atoms with E-state index in [1.807, 2.05) is 0 Å². The van der Waals surface area contributed by atoms with Gasteiger partial charge in [-0.05, 0) is 13.8 Å². The number of rotatable bonds is 6. The summed E-state index contributed by atoms with van der Waals surface area (Å²) in [6.07, 6.45) is 0.776. The van der Waals surface area contributed by atoms with Crippen LogP contribution < -0.4 is 0 Å². The number of carboxylic acid groups (broad SMARTS) is 1. The van der Waals surface area contributed by atoms with Gasteiger partial charge in [-0.15, -0.1) is 0 Å². The summed E-state index contributed by atoms with van der Waals surface area (Å²) in [6, 6.07) is 0. The maximum atomic E-state index is 11.0. The number of hydrogen-bond donors (Lipinski definition) is 1. The Morgan fingerprint density at radius 2 is 1.94 bits per heavy atom. The molecule has 0 aliphatic rings. The molecule has 0 rings (SSSR count). The highest BCUT2D eigenvalue weighted by molar-refractivity contribution is 5.90. The van der Waals surface area contributed by atoms with Crippen molar-refractivity contribution in [1.29, 1.82) is 0 Å². The number of esters is 2. The SMILES string of the molecule is C=C(C)C(=O)OCC(C)OC(=O)/C=C\C(=O)O. The molecule has 0 heterocycles. The van der Waals surface area contributed by atoms with Crippen LogP contribution in [0.25, 0.3) is 0 Å². The first kappa shape index (κ1) is 14.9. The number of carbonyl (C=O) groups is 3. The zero-order valence-corrected chi connectivity index (χ0v) is 9.63. The van der Waals surface area contributed by atoms with Crippen molar-refractivity contribution < 1.29 is 29.0 Å². The Kier molecular flexibility index (Phi) is 6.32. The van der Waals surface area contributed by atoms with Gasteiger partial charge in [0.25, 0.3) is 0 Å². The monoisotopic (exact) mass is 242 g/mol. The molecule has 17 heavy (non-hydrogen) atoms. The third kappa shape index (κ3) is 7.78. The molecule has 0 bridgehead atoms. The largest absolute Gasteiger partial charge is 0.478 e. The molecule has 0 radical (unpaired) electrons. The molecule has 0 spiro atoms. The minimum absolute atomic E-state index is 0.113. The van der Waals surface area contributed by atoms with E-state index < -0.39 is 24.0 Å². The Morgan fingerprint density at radius 3 is 2.41 bits per heavy atom. The highest BCUT2D eigenvalue weighted by atomic mass is 16.6. The predicted octanol–water partition coefficient (Wildman–Crippen LogP) is 0.678. The highest BCUT2D eigenvalue weighted by Gasteiger charge is 2.10. The zero-order chi connectivity index (χ0) is 13.4. The first-order valence-electron chi connectivity index (χ1n) is 4.77. The molecule has 6 nitrogen and oxygen atoms in total. The highest BCUT2D eigenvalue weighted by Crippen LogP contribution is 1.98. The molecule has 1 unspecified atom stereocenters. The normalized spacial score (nSPS) is 11.9. The first-order valence-corrected chi connectivity index (χ1v) is 4.77. The maximum absolute atomic E-state index is 11.0. The number of carbonyl (C=O) groups excluding carboxylic acids is 2. The molecule has 0 saturated heterocycles. The molecule has 1 N–H and O–H groups in total. The van der Waals surface area contributed by atoms with Crippen LogP contribution in [0.3, 0.4) is 0 Å². The predicted molar refractivity (Wildman–Crippen MR) is 58.1 cm³/mol. The van der Waals surface area contributed by atoms with Crippen molar-refractivity contribution in [3.8, 4) is 0 Å². The van der Waals surface area contributed by atoms with E-state index in [4.69, 9.17) is 14.6 Å². The Labute approximate surface area is 98.5 Å². The van der Waals surface area contributed by atoms with Crippen molar-refractivity contribution >= 4 is 17.9 Å². The van der Waals surface area contributed by atoms with Gasteiger partial charge in [0.1, 0.15) is 12.7 Å². The van der Waals surface area contributed by atoms with E-state index in [-0.39, 0.29) is 12.2 Å². The van der Waals surface area contributed by atoms with E-state index in [0.717, 1.165) is 6.08 Å². The fourth-order valence-electron chi connectivity index (χ4n) is 0.727. The number of aliphatic carboxylic acids is 1. The van der Waals surface area contributed by atoms with Gasteiger partial charge in [0.05, 0.1) is 0 Å². The molecular formula is C11H14O6. The van der Waals surface area contributed by atoms with Crippen LogP contribution in [-0.4, -0.2) is 35.7 Å². The Balaban J connectivity index is 3.98. The fraction of sp³-hybridized carbons (Fsp3) is 0.364. The van der Waals surface area contributed by atoms with Crippen LogP contribution in [0.15, 0.2) is 24.3 Å². The number of carboxylic acids is 1. The average molecular weight is 242 g/mol. The van der Waals surface area contributed by atoms with Crippen molar-refractivity contribution in [3.05, 3.63) is 24.3 Å². The van der Waals surface area contributed by atoms with Gasteiger partial charge < -0.3 is 14.6 Å². The van der Waals surface area contributed by atoms with Crippen LogP contribution in [0.2, 0.25) is 0 Å². The van der Waals surface area contributed by atoms with Crippen LogP contribution in [0.4, 0.5) is 0 Å². The lowest BCUT2D eigenvalue weighted by molar-refractivity contribution is -0.152. The first-order chi connectivity index (χ1) is 7.82. The average Bonchev–Trinajstić information content (AvgIpc) is 2.22. The van der Waals surface area contributed by atoms with Gasteiger partial charge in [0, 0.05) is 17.7 Å². The standard InChI is InChI=1S/C11H14O6/c1-7(2)11(15)16-6-8(3)17-10(14)5-4-9(12)13/h4-5,8H,1,6H2,2-3H3,(H,12,13)/b5-4-. The molecule has 0 aliphatic heterocycles. The topological polar surface area (TPSA) is 89.9 Å². The molecule has 0 aromatic carbocycles. The second-order valence-electron chi connectivity index (χ2n) is 3.30. The van der Waals surface area contributed by atoms with Crippen LogP contribution in [0.5, 0.6) is 0 Å². The molecule has 0 aromatic heterocycles. The second-order valence-corrected chi connectivity index (χ2v) is 3.30. The Bertz CT molecular complexity index is 355. The van der Waals surface area contributed by atoms with E-state index in [1.165, 1.54) is 13.8 Å². The van der Waals surface area contributed by atoms with Crippen molar-refractivity contribution in [1.82, 2.24) is 0 Å². The van der Waals surface area contributed by atoms with Gasteiger partial charge >= 0.3 is 17.9 Å². The van der Waals surface area contributed by atoms with E-state index in [9.17, 15) is 14.4 Å². The van der Waals surface area contributed by atoms with Gasteiger partial charge in [-0.2, -0.15) is 0 Å². The third-order valence-electron chi connectivity index (χ3n) is 1.48. The maximum Gasteiger partial charge on any atom is 0.333 e. The third-order valence-corrected chi connectivity index (χ3v) is 1.48. The minimum atomic E-state index is -1.25. The Hall–Kier alpha value is -2.11. The lowest BCUT2D eigenvalue weighted by Crippen LogP contribution is -2.21. The molecule has 0 aromatic rings. The Morgan fingerprint density at radius 1 is 1.35 bits per heavy atom. The lowest BCUT2D eigenvalue weighted by atomic mass is 10.3. The second kappa shape index (κ2) is 7.21. The van der Waals surface area contributed by atoms with Gasteiger partial charge in [-0.3, -0.25) is 0 Å². The fourth-order valence-corrected chi connectivity index (χ4v) is 0.727. The summed E-state index contributed by atoms with van der Waals surface area (Å²) in [5.74, 6) is -2.64. The lowest BCUT2D eigenvalue weighted by Gasteiger charge is -2.12. The summed E-state index contributed by atoms with van der Waals surface area (Å²) in [5, 5.41) is 8.26. The van der Waals surface area contributed by atoms with Gasteiger partial charge in [-0.25, -0.2) is 14.4 Å². The molecule has 0 fully saturated rings. The quantitative estimate of drug-likeness (QED) is 0.544. The van der Waals surface area contributed by atoms with Gasteiger partial charge in [0.2, 0.25) is 0 Å². The zero-order valence-electron chi connectivity index (χ0n) is 9.63. The van der Waals surface area contributed by atoms with Crippen molar-refractivity contribution in [2.45, 2.75) is 20.0 Å². The van der Waals surface area contributed by atoms with Crippen molar-refractivity contribution in [2.24, 2.45) is 0 Å². The van der Waals surface area contributed by atoms with Gasteiger partial charge in [-0.1, -0.05) is 6.58 Å². The molecule has 0 saturated carbocycles. The molecule has 6 heteroatoms. The van der Waals surface area contributed by atoms with Crippen molar-refractivity contribution in [2.75, 3.05) is 6.61 Å². The molecular weight excluding hydrogens is 228 g/mol. The molecule has 94 valence electrons. The summed E-state index contributed by atoms with van der Waals surface area (Å²) in [5.41, 5.74) is 0.245.